The molecule has 1 aromatic rings. The van der Waals surface area contributed by atoms with Gasteiger partial charge in [0, 0.05) is 5.92 Å². The third-order valence-electron chi connectivity index (χ3n) is 2.41. The van der Waals surface area contributed by atoms with Gasteiger partial charge >= 0.3 is 6.18 Å². The van der Waals surface area contributed by atoms with Crippen molar-refractivity contribution in [3.05, 3.63) is 15.1 Å². The molecule has 1 fully saturated rings. The van der Waals surface area contributed by atoms with Crippen molar-refractivity contribution >= 4 is 28.4 Å². The lowest BCUT2D eigenvalue weighted by Gasteiger charge is -2.10. The lowest BCUT2D eigenvalue weighted by molar-refractivity contribution is -0.177. The van der Waals surface area contributed by atoms with Crippen molar-refractivity contribution in [2.75, 3.05) is 12.3 Å². The van der Waals surface area contributed by atoms with Gasteiger partial charge in [-0.1, -0.05) is 0 Å². The van der Waals surface area contributed by atoms with Crippen LogP contribution in [0.1, 0.15) is 30.3 Å². The van der Waals surface area contributed by atoms with Crippen LogP contribution in [0.15, 0.2) is 0 Å². The van der Waals surface area contributed by atoms with Crippen molar-refractivity contribution in [2.24, 2.45) is 0 Å². The summed E-state index contributed by atoms with van der Waals surface area (Å²) in [6, 6.07) is 0. The van der Waals surface area contributed by atoms with E-state index in [-0.39, 0.29) is 12.4 Å². The monoisotopic (exact) mass is 373 g/mol. The molecule has 0 spiro atoms. The molecular formula is C10H11F3IN3O. The summed E-state index contributed by atoms with van der Waals surface area (Å²) >= 11 is 2.06. The minimum atomic E-state index is -4.34. The zero-order valence-electron chi connectivity index (χ0n) is 9.30. The van der Waals surface area contributed by atoms with Crippen LogP contribution in [-0.4, -0.2) is 22.8 Å². The molecule has 0 aliphatic heterocycles. The summed E-state index contributed by atoms with van der Waals surface area (Å²) in [4.78, 5) is 8.15. The summed E-state index contributed by atoms with van der Waals surface area (Å²) < 4.78 is 41.1. The number of hydrogen-bond donors (Lipinski definition) is 1. The Hall–Kier alpha value is -0.640. The third-order valence-corrected chi connectivity index (χ3v) is 3.51. The second-order valence-corrected chi connectivity index (χ2v) is 5.19. The molecule has 18 heavy (non-hydrogen) atoms. The van der Waals surface area contributed by atoms with Gasteiger partial charge in [-0.25, -0.2) is 9.97 Å². The number of nitrogen functional groups attached to an aromatic ring is 1. The highest BCUT2D eigenvalue weighted by atomic mass is 127. The molecule has 1 aromatic heterocycles. The van der Waals surface area contributed by atoms with Crippen LogP contribution in [0.3, 0.4) is 0 Å². The predicted molar refractivity (Wildman–Crippen MR) is 66.8 cm³/mol. The molecule has 4 nitrogen and oxygen atoms in total. The Bertz CT molecular complexity index is 449. The van der Waals surface area contributed by atoms with E-state index in [0.29, 0.717) is 11.7 Å². The first kappa shape index (κ1) is 13.8. The summed E-state index contributed by atoms with van der Waals surface area (Å²) in [5.74, 6) is 0.876. The van der Waals surface area contributed by atoms with Gasteiger partial charge in [0.05, 0.1) is 9.26 Å². The Morgan fingerprint density at radius 2 is 2.00 bits per heavy atom. The normalized spacial score (nSPS) is 16.0. The van der Waals surface area contributed by atoms with E-state index < -0.39 is 12.8 Å². The van der Waals surface area contributed by atoms with Gasteiger partial charge in [-0.3, -0.25) is 0 Å². The van der Waals surface area contributed by atoms with E-state index in [9.17, 15) is 13.2 Å². The lowest BCUT2D eigenvalue weighted by atomic mass is 10.3. The maximum absolute atomic E-state index is 11.9. The number of aromatic nitrogens is 2. The van der Waals surface area contributed by atoms with E-state index in [2.05, 4.69) is 37.3 Å². The van der Waals surface area contributed by atoms with Crippen LogP contribution in [0.5, 0.6) is 0 Å². The molecule has 0 atom stereocenters. The van der Waals surface area contributed by atoms with E-state index in [1.54, 1.807) is 0 Å². The molecule has 2 rings (SSSR count). The van der Waals surface area contributed by atoms with Crippen LogP contribution in [0.4, 0.5) is 19.0 Å². The second-order valence-electron chi connectivity index (χ2n) is 4.11. The van der Waals surface area contributed by atoms with Crippen LogP contribution in [0.25, 0.3) is 0 Å². The fraction of sp³-hybridized carbons (Fsp3) is 0.600. The Kier molecular flexibility index (Phi) is 3.95. The fourth-order valence-corrected chi connectivity index (χ4v) is 2.16. The highest BCUT2D eigenvalue weighted by molar-refractivity contribution is 14.1. The number of rotatable bonds is 4. The van der Waals surface area contributed by atoms with Crippen molar-refractivity contribution in [2.45, 2.75) is 31.5 Å². The molecular weight excluding hydrogens is 362 g/mol. The average molecular weight is 373 g/mol. The molecule has 1 aliphatic carbocycles. The van der Waals surface area contributed by atoms with E-state index in [4.69, 9.17) is 5.73 Å². The van der Waals surface area contributed by atoms with Crippen LogP contribution in [0, 0.1) is 3.57 Å². The Morgan fingerprint density at radius 1 is 1.33 bits per heavy atom. The SMILES string of the molecule is Nc1nc(COCC(F)(F)F)nc(C2CC2)c1I. The van der Waals surface area contributed by atoms with Crippen LogP contribution >= 0.6 is 22.6 Å². The molecule has 100 valence electrons. The van der Waals surface area contributed by atoms with E-state index in [1.165, 1.54) is 0 Å². The molecule has 1 saturated carbocycles. The van der Waals surface area contributed by atoms with Crippen molar-refractivity contribution in [1.29, 1.82) is 0 Å². The highest BCUT2D eigenvalue weighted by Gasteiger charge is 2.30. The average Bonchev–Trinajstić information content (AvgIpc) is 3.04. The van der Waals surface area contributed by atoms with E-state index >= 15 is 0 Å². The Balaban J connectivity index is 2.04. The molecule has 0 aromatic carbocycles. The number of ether oxygens (including phenoxy) is 1. The Labute approximate surface area is 115 Å². The molecule has 1 heterocycles. The third kappa shape index (κ3) is 3.67. The fourth-order valence-electron chi connectivity index (χ4n) is 1.48. The summed E-state index contributed by atoms with van der Waals surface area (Å²) in [6.45, 7) is -1.58. The van der Waals surface area contributed by atoms with Gasteiger partial charge < -0.3 is 10.5 Å². The number of halogens is 4. The first-order valence-electron chi connectivity index (χ1n) is 5.33. The van der Waals surface area contributed by atoms with Gasteiger partial charge in [0.1, 0.15) is 19.0 Å². The first-order valence-corrected chi connectivity index (χ1v) is 6.41. The number of anilines is 1. The van der Waals surface area contributed by atoms with Crippen molar-refractivity contribution < 1.29 is 17.9 Å². The van der Waals surface area contributed by atoms with Crippen LogP contribution < -0.4 is 5.73 Å². The molecule has 1 aliphatic rings. The smallest absolute Gasteiger partial charge is 0.383 e. The maximum Gasteiger partial charge on any atom is 0.411 e. The maximum atomic E-state index is 11.9. The summed E-state index contributed by atoms with van der Waals surface area (Å²) in [7, 11) is 0. The van der Waals surface area contributed by atoms with Gasteiger partial charge in [-0.15, -0.1) is 0 Å². The van der Waals surface area contributed by atoms with Crippen molar-refractivity contribution in [1.82, 2.24) is 9.97 Å². The van der Waals surface area contributed by atoms with Gasteiger partial charge in [0.15, 0.2) is 5.82 Å². The number of alkyl halides is 3. The number of nitrogens with two attached hydrogens (primary N) is 1. The van der Waals surface area contributed by atoms with Crippen LogP contribution in [0.2, 0.25) is 0 Å². The second kappa shape index (κ2) is 5.16. The zero-order valence-corrected chi connectivity index (χ0v) is 11.5. The van der Waals surface area contributed by atoms with Gasteiger partial charge in [-0.2, -0.15) is 13.2 Å². The topological polar surface area (TPSA) is 61.0 Å². The lowest BCUT2D eigenvalue weighted by Crippen LogP contribution is -2.18. The standard InChI is InChI=1S/C10H11F3IN3O/c11-10(12,13)4-18-3-6-16-8(5-1-2-5)7(14)9(15)17-6/h5H,1-4H2,(H2,15,16,17). The zero-order chi connectivity index (χ0) is 13.3. The van der Waals surface area contributed by atoms with E-state index in [0.717, 1.165) is 22.1 Å². The number of nitrogens with zero attached hydrogens (tertiary/aromatic N) is 2. The summed E-state index contributed by atoms with van der Waals surface area (Å²) in [6.07, 6.45) is -2.27. The van der Waals surface area contributed by atoms with Crippen molar-refractivity contribution in [3.63, 3.8) is 0 Å². The Morgan fingerprint density at radius 3 is 2.56 bits per heavy atom. The quantitative estimate of drug-likeness (QED) is 0.825. The van der Waals surface area contributed by atoms with Gasteiger partial charge in [0.25, 0.3) is 0 Å². The molecule has 2 N–H and O–H groups in total. The first-order chi connectivity index (χ1) is 8.37. The molecule has 0 bridgehead atoms. The summed E-state index contributed by atoms with van der Waals surface area (Å²) in [5.41, 5.74) is 6.54. The largest absolute Gasteiger partial charge is 0.411 e. The van der Waals surface area contributed by atoms with Crippen molar-refractivity contribution in [3.8, 4) is 0 Å². The molecule has 8 heteroatoms. The number of hydrogen-bond acceptors (Lipinski definition) is 4. The molecule has 0 unspecified atom stereocenters. The molecule has 0 radical (unpaired) electrons. The minimum absolute atomic E-state index is 0.207. The molecule has 0 saturated heterocycles. The molecule has 0 amide bonds. The minimum Gasteiger partial charge on any atom is -0.383 e. The highest BCUT2D eigenvalue weighted by Crippen LogP contribution is 2.41. The van der Waals surface area contributed by atoms with E-state index in [1.807, 2.05) is 0 Å². The summed E-state index contributed by atoms with van der Waals surface area (Å²) in [5, 5.41) is 0. The van der Waals surface area contributed by atoms with Crippen LogP contribution in [-0.2, 0) is 11.3 Å². The van der Waals surface area contributed by atoms with Gasteiger partial charge in [0.2, 0.25) is 0 Å². The van der Waals surface area contributed by atoms with Gasteiger partial charge in [-0.05, 0) is 35.4 Å². The predicted octanol–water partition coefficient (Wildman–Crippen LogP) is 2.62.